The molecule has 2 atom stereocenters. The number of ether oxygens (including phenoxy) is 1. The molecule has 0 bridgehead atoms. The maximum atomic E-state index is 12.4. The zero-order chi connectivity index (χ0) is 18.2. The van der Waals surface area contributed by atoms with Gasteiger partial charge in [0.1, 0.15) is 12.4 Å². The van der Waals surface area contributed by atoms with E-state index in [1.807, 2.05) is 75.6 Å². The van der Waals surface area contributed by atoms with E-state index in [2.05, 4.69) is 10.2 Å². The van der Waals surface area contributed by atoms with Crippen LogP contribution in [0.5, 0.6) is 5.75 Å². The van der Waals surface area contributed by atoms with Gasteiger partial charge in [-0.05, 0) is 43.9 Å². The summed E-state index contributed by atoms with van der Waals surface area (Å²) in [4.78, 5) is 14.5. The predicted molar refractivity (Wildman–Crippen MR) is 102 cm³/mol. The number of hydrogen-bond donors (Lipinski definition) is 2. The summed E-state index contributed by atoms with van der Waals surface area (Å²) >= 11 is 0. The van der Waals surface area contributed by atoms with Crippen LogP contribution in [0, 0.1) is 5.92 Å². The predicted octanol–water partition coefficient (Wildman–Crippen LogP) is 2.90. The SMILES string of the molecule is CC(C(=O)Nc1ccc(OCCN(C)C)cc1)C(N)c1ccccc1. The van der Waals surface area contributed by atoms with Crippen molar-refractivity contribution in [3.05, 3.63) is 60.2 Å². The van der Waals surface area contributed by atoms with Gasteiger partial charge in [-0.25, -0.2) is 0 Å². The highest BCUT2D eigenvalue weighted by atomic mass is 16.5. The minimum atomic E-state index is -0.338. The van der Waals surface area contributed by atoms with Crippen molar-refractivity contribution in [1.29, 1.82) is 0 Å². The first-order valence-corrected chi connectivity index (χ1v) is 8.46. The molecule has 2 aromatic carbocycles. The maximum absolute atomic E-state index is 12.4. The van der Waals surface area contributed by atoms with Gasteiger partial charge in [-0.15, -0.1) is 0 Å². The molecular weight excluding hydrogens is 314 g/mol. The second kappa shape index (κ2) is 9.20. The molecular formula is C20H27N3O2. The van der Waals surface area contributed by atoms with Crippen molar-refractivity contribution in [2.24, 2.45) is 11.7 Å². The summed E-state index contributed by atoms with van der Waals surface area (Å²) in [6.45, 7) is 3.32. The quantitative estimate of drug-likeness (QED) is 0.775. The highest BCUT2D eigenvalue weighted by molar-refractivity contribution is 5.92. The van der Waals surface area contributed by atoms with Gasteiger partial charge < -0.3 is 20.7 Å². The fraction of sp³-hybridized carbons (Fsp3) is 0.350. The molecule has 3 N–H and O–H groups in total. The third-order valence-electron chi connectivity index (χ3n) is 4.07. The molecule has 0 fully saturated rings. The molecule has 5 heteroatoms. The Kier molecular flexibility index (Phi) is 6.98. The average Bonchev–Trinajstić information content (AvgIpc) is 2.62. The van der Waals surface area contributed by atoms with Gasteiger partial charge in [0, 0.05) is 18.3 Å². The Labute approximate surface area is 149 Å². The Morgan fingerprint density at radius 3 is 2.36 bits per heavy atom. The molecule has 0 heterocycles. The topological polar surface area (TPSA) is 67.6 Å². The molecule has 0 spiro atoms. The monoisotopic (exact) mass is 341 g/mol. The lowest BCUT2D eigenvalue weighted by molar-refractivity contribution is -0.120. The number of amides is 1. The van der Waals surface area contributed by atoms with Crippen molar-refractivity contribution < 1.29 is 9.53 Å². The van der Waals surface area contributed by atoms with Crippen LogP contribution in [0.3, 0.4) is 0 Å². The minimum absolute atomic E-state index is 0.0994. The molecule has 0 saturated carbocycles. The first kappa shape index (κ1) is 19.0. The largest absolute Gasteiger partial charge is 0.492 e. The second-order valence-corrected chi connectivity index (χ2v) is 6.39. The number of benzene rings is 2. The molecule has 0 aliphatic carbocycles. The van der Waals surface area contributed by atoms with Crippen molar-refractivity contribution in [1.82, 2.24) is 4.90 Å². The molecule has 0 aliphatic heterocycles. The van der Waals surface area contributed by atoms with Gasteiger partial charge >= 0.3 is 0 Å². The maximum Gasteiger partial charge on any atom is 0.229 e. The number of nitrogens with two attached hydrogens (primary N) is 1. The van der Waals surface area contributed by atoms with Gasteiger partial charge in [0.15, 0.2) is 0 Å². The number of likely N-dealkylation sites (N-methyl/N-ethyl adjacent to an activating group) is 1. The number of rotatable bonds is 8. The van der Waals surface area contributed by atoms with E-state index in [1.165, 1.54) is 0 Å². The van der Waals surface area contributed by atoms with Crippen molar-refractivity contribution in [2.75, 3.05) is 32.6 Å². The highest BCUT2D eigenvalue weighted by Crippen LogP contribution is 2.22. The number of carbonyl (C=O) groups excluding carboxylic acids is 1. The van der Waals surface area contributed by atoms with Gasteiger partial charge in [0.2, 0.25) is 5.91 Å². The molecule has 0 aromatic heterocycles. The van der Waals surface area contributed by atoms with Crippen LogP contribution in [-0.2, 0) is 4.79 Å². The highest BCUT2D eigenvalue weighted by Gasteiger charge is 2.22. The van der Waals surface area contributed by atoms with Crippen molar-refractivity contribution in [2.45, 2.75) is 13.0 Å². The van der Waals surface area contributed by atoms with E-state index in [-0.39, 0.29) is 17.9 Å². The first-order valence-electron chi connectivity index (χ1n) is 8.46. The van der Waals surface area contributed by atoms with Gasteiger partial charge in [-0.3, -0.25) is 4.79 Å². The van der Waals surface area contributed by atoms with Gasteiger partial charge in [0.25, 0.3) is 0 Å². The molecule has 0 saturated heterocycles. The lowest BCUT2D eigenvalue weighted by Crippen LogP contribution is -2.30. The first-order chi connectivity index (χ1) is 12.0. The molecule has 5 nitrogen and oxygen atoms in total. The van der Waals surface area contributed by atoms with Crippen LogP contribution < -0.4 is 15.8 Å². The van der Waals surface area contributed by atoms with E-state index < -0.39 is 0 Å². The van der Waals surface area contributed by atoms with Crippen LogP contribution in [0.15, 0.2) is 54.6 Å². The molecule has 134 valence electrons. The number of anilines is 1. The second-order valence-electron chi connectivity index (χ2n) is 6.39. The van der Waals surface area contributed by atoms with Gasteiger partial charge in [0.05, 0.1) is 5.92 Å². The van der Waals surface area contributed by atoms with Crippen LogP contribution in [0.2, 0.25) is 0 Å². The number of hydrogen-bond acceptors (Lipinski definition) is 4. The van der Waals surface area contributed by atoms with Crippen molar-refractivity contribution in [3.8, 4) is 5.75 Å². The summed E-state index contributed by atoms with van der Waals surface area (Å²) < 4.78 is 5.65. The fourth-order valence-corrected chi connectivity index (χ4v) is 2.36. The molecule has 1 amide bonds. The van der Waals surface area contributed by atoms with Crippen LogP contribution in [-0.4, -0.2) is 38.1 Å². The van der Waals surface area contributed by atoms with E-state index in [0.29, 0.717) is 6.61 Å². The third-order valence-corrected chi connectivity index (χ3v) is 4.07. The summed E-state index contributed by atoms with van der Waals surface area (Å²) in [6, 6.07) is 16.7. The third kappa shape index (κ3) is 5.89. The van der Waals surface area contributed by atoms with Crippen LogP contribution in [0.1, 0.15) is 18.5 Å². The summed E-state index contributed by atoms with van der Waals surface area (Å²) in [6.07, 6.45) is 0. The summed E-state index contributed by atoms with van der Waals surface area (Å²) in [7, 11) is 4.01. The molecule has 2 unspecified atom stereocenters. The molecule has 2 aromatic rings. The Balaban J connectivity index is 1.89. The normalized spacial score (nSPS) is 13.3. The Bertz CT molecular complexity index is 656. The average molecular weight is 341 g/mol. The fourth-order valence-electron chi connectivity index (χ4n) is 2.36. The van der Waals surface area contributed by atoms with Crippen LogP contribution >= 0.6 is 0 Å². The van der Waals surface area contributed by atoms with Crippen molar-refractivity contribution in [3.63, 3.8) is 0 Å². The molecule has 25 heavy (non-hydrogen) atoms. The van der Waals surface area contributed by atoms with Crippen molar-refractivity contribution >= 4 is 11.6 Å². The van der Waals surface area contributed by atoms with E-state index in [1.54, 1.807) is 0 Å². The smallest absolute Gasteiger partial charge is 0.229 e. The van der Waals surface area contributed by atoms with Gasteiger partial charge in [-0.2, -0.15) is 0 Å². The zero-order valence-corrected chi connectivity index (χ0v) is 15.1. The standard InChI is InChI=1S/C20H27N3O2/c1-15(19(21)16-7-5-4-6-8-16)20(24)22-17-9-11-18(12-10-17)25-14-13-23(2)3/h4-12,15,19H,13-14,21H2,1-3H3,(H,22,24). The molecule has 2 rings (SSSR count). The molecule has 0 radical (unpaired) electrons. The summed E-state index contributed by atoms with van der Waals surface area (Å²) in [5.74, 6) is 0.352. The lowest BCUT2D eigenvalue weighted by atomic mass is 9.94. The zero-order valence-electron chi connectivity index (χ0n) is 15.1. The van der Waals surface area contributed by atoms with Crippen LogP contribution in [0.4, 0.5) is 5.69 Å². The van der Waals surface area contributed by atoms with E-state index in [9.17, 15) is 4.79 Å². The summed E-state index contributed by atoms with van der Waals surface area (Å²) in [5, 5.41) is 2.91. The molecule has 0 aliphatic rings. The van der Waals surface area contributed by atoms with Gasteiger partial charge in [-0.1, -0.05) is 37.3 Å². The summed E-state index contributed by atoms with van der Waals surface area (Å²) in [5.41, 5.74) is 7.90. The Hall–Kier alpha value is -2.37. The Morgan fingerprint density at radius 2 is 1.76 bits per heavy atom. The lowest BCUT2D eigenvalue weighted by Gasteiger charge is -2.20. The number of nitrogens with zero attached hydrogens (tertiary/aromatic N) is 1. The van der Waals surface area contributed by atoms with Crippen LogP contribution in [0.25, 0.3) is 0 Å². The van der Waals surface area contributed by atoms with E-state index in [4.69, 9.17) is 10.5 Å². The van der Waals surface area contributed by atoms with E-state index in [0.717, 1.165) is 23.5 Å². The Morgan fingerprint density at radius 1 is 1.12 bits per heavy atom. The minimum Gasteiger partial charge on any atom is -0.492 e. The number of carbonyl (C=O) groups is 1. The van der Waals surface area contributed by atoms with E-state index >= 15 is 0 Å². The number of nitrogens with one attached hydrogen (secondary N) is 1.